The van der Waals surface area contributed by atoms with Crippen molar-refractivity contribution in [3.8, 4) is 0 Å². The van der Waals surface area contributed by atoms with Crippen LogP contribution in [-0.2, 0) is 14.3 Å². The van der Waals surface area contributed by atoms with E-state index in [-0.39, 0.29) is 6.10 Å². The average Bonchev–Trinajstić information content (AvgIpc) is 2.68. The van der Waals surface area contributed by atoms with E-state index in [9.17, 15) is 15.0 Å². The molecule has 0 saturated carbocycles. The Morgan fingerprint density at radius 1 is 1.33 bits per heavy atom. The van der Waals surface area contributed by atoms with E-state index >= 15 is 0 Å². The Morgan fingerprint density at radius 2 is 2.00 bits per heavy atom. The van der Waals surface area contributed by atoms with Crippen molar-refractivity contribution in [3.63, 3.8) is 0 Å². The van der Waals surface area contributed by atoms with E-state index in [0.717, 1.165) is 0 Å². The maximum absolute atomic E-state index is 10.6. The van der Waals surface area contributed by atoms with Crippen molar-refractivity contribution < 1.29 is 24.5 Å². The third-order valence-electron chi connectivity index (χ3n) is 4.45. The molecule has 0 aliphatic carbocycles. The van der Waals surface area contributed by atoms with Gasteiger partial charge < -0.3 is 19.7 Å². The molecule has 0 aromatic rings. The number of aliphatic hydroxyl groups excluding tert-OH is 1. The number of allylic oxidation sites excluding steroid dienone is 1. The summed E-state index contributed by atoms with van der Waals surface area (Å²) in [7, 11) is 0. The maximum Gasteiger partial charge on any atom is 0.169 e. The predicted molar refractivity (Wildman–Crippen MR) is 63.8 cm³/mol. The highest BCUT2D eigenvalue weighted by Gasteiger charge is 2.69. The van der Waals surface area contributed by atoms with Gasteiger partial charge in [-0.2, -0.15) is 0 Å². The second-order valence-corrected chi connectivity index (χ2v) is 5.36. The lowest BCUT2D eigenvalue weighted by Gasteiger charge is -2.38. The molecule has 5 nitrogen and oxygen atoms in total. The van der Waals surface area contributed by atoms with E-state index in [0.29, 0.717) is 12.7 Å². The Kier molecular flexibility index (Phi) is 3.36. The smallest absolute Gasteiger partial charge is 0.169 e. The summed E-state index contributed by atoms with van der Waals surface area (Å²) in [5.74, 6) is 0. The van der Waals surface area contributed by atoms with Crippen LogP contribution in [0.15, 0.2) is 12.2 Å². The second-order valence-electron chi connectivity index (χ2n) is 5.36. The molecule has 18 heavy (non-hydrogen) atoms. The zero-order valence-corrected chi connectivity index (χ0v) is 10.9. The summed E-state index contributed by atoms with van der Waals surface area (Å²) in [5.41, 5.74) is -2.07. The molecule has 2 saturated heterocycles. The molecule has 5 heteroatoms. The fraction of sp³-hybridized carbons (Fsp3) is 0.769. The first kappa shape index (κ1) is 13.7. The van der Waals surface area contributed by atoms with Crippen LogP contribution in [0.5, 0.6) is 0 Å². The first-order chi connectivity index (χ1) is 8.39. The minimum absolute atomic E-state index is 0.363. The van der Waals surface area contributed by atoms with Gasteiger partial charge in [0, 0.05) is 0 Å². The normalized spacial score (nSPS) is 51.8. The van der Waals surface area contributed by atoms with Crippen LogP contribution >= 0.6 is 0 Å². The van der Waals surface area contributed by atoms with Crippen molar-refractivity contribution in [2.24, 2.45) is 5.41 Å². The molecule has 0 aromatic heterocycles. The second kappa shape index (κ2) is 4.42. The molecule has 0 amide bonds. The van der Waals surface area contributed by atoms with Crippen molar-refractivity contribution in [2.45, 2.75) is 57.4 Å². The van der Waals surface area contributed by atoms with Gasteiger partial charge in [-0.1, -0.05) is 6.92 Å². The van der Waals surface area contributed by atoms with Crippen LogP contribution in [-0.4, -0.2) is 46.7 Å². The number of carbonyl (C=O) groups excluding carboxylic acids is 1. The SMILES string of the molecule is CC[C@H]1O[C@@H]2O[C@H](/C=C/C=O)[C@H](O)[C@]2(C)[C@@]1(C)O. The van der Waals surface area contributed by atoms with Crippen molar-refractivity contribution in [2.75, 3.05) is 0 Å². The Balaban J connectivity index is 2.29. The average molecular weight is 256 g/mol. The van der Waals surface area contributed by atoms with E-state index < -0.39 is 29.5 Å². The largest absolute Gasteiger partial charge is 0.389 e. The summed E-state index contributed by atoms with van der Waals surface area (Å²) in [6, 6.07) is 0. The molecule has 2 heterocycles. The minimum atomic E-state index is -1.17. The molecular formula is C13H20O5. The minimum Gasteiger partial charge on any atom is -0.389 e. The van der Waals surface area contributed by atoms with Gasteiger partial charge in [-0.05, 0) is 32.4 Å². The van der Waals surface area contributed by atoms with Crippen molar-refractivity contribution >= 4 is 6.29 Å². The van der Waals surface area contributed by atoms with Gasteiger partial charge in [-0.3, -0.25) is 4.79 Å². The molecule has 0 bridgehead atoms. The Labute approximate surface area is 106 Å². The maximum atomic E-state index is 10.6. The van der Waals surface area contributed by atoms with Gasteiger partial charge in [0.2, 0.25) is 0 Å². The number of hydrogen-bond donors (Lipinski definition) is 2. The van der Waals surface area contributed by atoms with Crippen molar-refractivity contribution in [1.82, 2.24) is 0 Å². The number of carbonyl (C=O) groups is 1. The summed E-state index contributed by atoms with van der Waals surface area (Å²) in [6.07, 6.45) is 1.47. The van der Waals surface area contributed by atoms with Gasteiger partial charge in [0.05, 0.1) is 17.6 Å². The summed E-state index contributed by atoms with van der Waals surface area (Å²) in [6.45, 7) is 5.34. The number of rotatable bonds is 3. The van der Waals surface area contributed by atoms with E-state index in [1.54, 1.807) is 13.8 Å². The fourth-order valence-corrected chi connectivity index (χ4v) is 2.98. The molecule has 6 atom stereocenters. The molecule has 2 N–H and O–H groups in total. The Bertz CT molecular complexity index is 364. The van der Waals surface area contributed by atoms with Crippen LogP contribution in [0.4, 0.5) is 0 Å². The van der Waals surface area contributed by atoms with Gasteiger partial charge >= 0.3 is 0 Å². The van der Waals surface area contributed by atoms with Gasteiger partial charge in [0.15, 0.2) is 6.29 Å². The van der Waals surface area contributed by atoms with Gasteiger partial charge in [-0.15, -0.1) is 0 Å². The van der Waals surface area contributed by atoms with Gasteiger partial charge in [0.1, 0.15) is 18.0 Å². The standard InChI is InChI=1S/C13H20O5/c1-4-9-13(3,16)12(2)10(15)8(6-5-7-14)17-11(12)18-9/h5-11,15-16H,4H2,1-3H3/b6-5+/t8-,9-,10+,11+,12+,13+/m1/s1. The molecule has 102 valence electrons. The van der Waals surface area contributed by atoms with Crippen LogP contribution in [0.1, 0.15) is 27.2 Å². The fourth-order valence-electron chi connectivity index (χ4n) is 2.98. The van der Waals surface area contributed by atoms with Crippen molar-refractivity contribution in [1.29, 1.82) is 0 Å². The molecular weight excluding hydrogens is 236 g/mol. The topological polar surface area (TPSA) is 76.0 Å². The monoisotopic (exact) mass is 256 g/mol. The molecule has 2 aliphatic heterocycles. The Hall–Kier alpha value is -0.750. The Morgan fingerprint density at radius 3 is 2.50 bits per heavy atom. The summed E-state index contributed by atoms with van der Waals surface area (Å²) in [4.78, 5) is 10.3. The number of aliphatic hydroxyl groups is 2. The molecule has 0 spiro atoms. The van der Waals surface area contributed by atoms with Crippen molar-refractivity contribution in [3.05, 3.63) is 12.2 Å². The van der Waals surface area contributed by atoms with Gasteiger partial charge in [-0.25, -0.2) is 0 Å². The van der Waals surface area contributed by atoms with Crippen LogP contribution in [0.3, 0.4) is 0 Å². The highest BCUT2D eigenvalue weighted by Crippen LogP contribution is 2.55. The molecule has 0 unspecified atom stereocenters. The predicted octanol–water partition coefficient (Wildman–Crippen LogP) is 0.393. The van der Waals surface area contributed by atoms with E-state index in [4.69, 9.17) is 9.47 Å². The first-order valence-corrected chi connectivity index (χ1v) is 6.23. The zero-order valence-electron chi connectivity index (χ0n) is 10.9. The van der Waals surface area contributed by atoms with E-state index in [1.165, 1.54) is 12.2 Å². The number of ether oxygens (including phenoxy) is 2. The highest BCUT2D eigenvalue weighted by molar-refractivity contribution is 5.64. The lowest BCUT2D eigenvalue weighted by molar-refractivity contribution is -0.144. The first-order valence-electron chi connectivity index (χ1n) is 6.23. The van der Waals surface area contributed by atoms with E-state index in [2.05, 4.69) is 0 Å². The van der Waals surface area contributed by atoms with Gasteiger partial charge in [0.25, 0.3) is 0 Å². The summed E-state index contributed by atoms with van der Waals surface area (Å²) in [5, 5.41) is 21.0. The molecule has 2 fully saturated rings. The number of hydrogen-bond acceptors (Lipinski definition) is 5. The quantitative estimate of drug-likeness (QED) is 0.564. The lowest BCUT2D eigenvalue weighted by atomic mass is 9.69. The molecule has 2 aliphatic rings. The highest BCUT2D eigenvalue weighted by atomic mass is 16.7. The summed E-state index contributed by atoms with van der Waals surface area (Å²) >= 11 is 0. The lowest BCUT2D eigenvalue weighted by Crippen LogP contribution is -2.54. The third-order valence-corrected chi connectivity index (χ3v) is 4.45. The van der Waals surface area contributed by atoms with Crippen LogP contribution in [0.2, 0.25) is 0 Å². The van der Waals surface area contributed by atoms with Crippen LogP contribution in [0.25, 0.3) is 0 Å². The molecule has 0 radical (unpaired) electrons. The van der Waals surface area contributed by atoms with Crippen LogP contribution in [0, 0.1) is 5.41 Å². The number of aldehydes is 1. The summed E-state index contributed by atoms with van der Waals surface area (Å²) < 4.78 is 11.3. The van der Waals surface area contributed by atoms with E-state index in [1.807, 2.05) is 6.92 Å². The molecule has 0 aromatic carbocycles. The number of fused-ring (bicyclic) bond motifs is 1. The molecule has 2 rings (SSSR count). The zero-order chi connectivity index (χ0) is 13.6. The third kappa shape index (κ3) is 1.58. The van der Waals surface area contributed by atoms with Crippen LogP contribution < -0.4 is 0 Å².